The Hall–Kier alpha value is -3.65. The van der Waals surface area contributed by atoms with Crippen molar-refractivity contribution in [2.45, 2.75) is 25.7 Å². The topological polar surface area (TPSA) is 26.3 Å². The van der Waals surface area contributed by atoms with Gasteiger partial charge in [-0.05, 0) is 72.2 Å². The molecule has 0 aliphatic carbocycles. The molecule has 4 aromatic rings. The summed E-state index contributed by atoms with van der Waals surface area (Å²) in [7, 11) is 0. The lowest BCUT2D eigenvalue weighted by molar-refractivity contribution is 0.0735. The van der Waals surface area contributed by atoms with Gasteiger partial charge in [0.15, 0.2) is 0 Å². The molecule has 0 aromatic heterocycles. The van der Waals surface area contributed by atoms with E-state index < -0.39 is 0 Å². The van der Waals surface area contributed by atoms with Crippen LogP contribution in [0.5, 0.6) is 5.75 Å². The number of hydrogen-bond donors (Lipinski definition) is 0. The summed E-state index contributed by atoms with van der Waals surface area (Å²) in [6, 6.07) is 36.4. The lowest BCUT2D eigenvalue weighted by Gasteiger charge is -2.07. The summed E-state index contributed by atoms with van der Waals surface area (Å²) in [4.78, 5) is 12.3. The standard InChI is InChI=1S/C29H26O2/c30-29(31-28-9-5-2-6-10-28)27-21-19-26(20-22-27)18-17-25-15-13-24(14-16-25)12-11-23-7-3-1-4-8-23/h1-10,13-16,19-22H,11-12,17-18H2. The molecule has 0 atom stereocenters. The largest absolute Gasteiger partial charge is 0.423 e. The van der Waals surface area contributed by atoms with Gasteiger partial charge < -0.3 is 4.74 Å². The van der Waals surface area contributed by atoms with Gasteiger partial charge >= 0.3 is 5.97 Å². The molecule has 0 bridgehead atoms. The molecule has 0 N–H and O–H groups in total. The fourth-order valence-electron chi connectivity index (χ4n) is 3.56. The molecule has 31 heavy (non-hydrogen) atoms. The minimum Gasteiger partial charge on any atom is -0.423 e. The quantitative estimate of drug-likeness (QED) is 0.247. The molecule has 4 rings (SSSR count). The van der Waals surface area contributed by atoms with Crippen molar-refractivity contribution in [3.63, 3.8) is 0 Å². The van der Waals surface area contributed by atoms with E-state index in [0.717, 1.165) is 25.7 Å². The molecule has 2 heteroatoms. The predicted octanol–water partition coefficient (Wildman–Crippen LogP) is 6.48. The lowest BCUT2D eigenvalue weighted by atomic mass is 10.00. The summed E-state index contributed by atoms with van der Waals surface area (Å²) in [5.74, 6) is 0.229. The van der Waals surface area contributed by atoms with Crippen molar-refractivity contribution in [2.24, 2.45) is 0 Å². The van der Waals surface area contributed by atoms with E-state index in [1.165, 1.54) is 22.3 Å². The van der Waals surface area contributed by atoms with E-state index in [4.69, 9.17) is 4.74 Å². The van der Waals surface area contributed by atoms with Crippen molar-refractivity contribution < 1.29 is 9.53 Å². The average Bonchev–Trinajstić information content (AvgIpc) is 2.84. The summed E-state index contributed by atoms with van der Waals surface area (Å²) in [5.41, 5.74) is 5.85. The third-order valence-electron chi connectivity index (χ3n) is 5.41. The van der Waals surface area contributed by atoms with Crippen LogP contribution in [0.4, 0.5) is 0 Å². The van der Waals surface area contributed by atoms with Crippen LogP contribution in [0, 0.1) is 0 Å². The molecule has 0 radical (unpaired) electrons. The maximum Gasteiger partial charge on any atom is 0.343 e. The van der Waals surface area contributed by atoms with Gasteiger partial charge in [-0.25, -0.2) is 4.79 Å². The van der Waals surface area contributed by atoms with Gasteiger partial charge in [0, 0.05) is 0 Å². The van der Waals surface area contributed by atoms with Gasteiger partial charge in [0.05, 0.1) is 5.56 Å². The number of ether oxygens (including phenoxy) is 1. The highest BCUT2D eigenvalue weighted by molar-refractivity contribution is 5.91. The van der Waals surface area contributed by atoms with Gasteiger partial charge in [-0.3, -0.25) is 0 Å². The van der Waals surface area contributed by atoms with Crippen molar-refractivity contribution in [3.05, 3.63) is 137 Å². The number of rotatable bonds is 8. The Bertz CT molecular complexity index is 1080. The van der Waals surface area contributed by atoms with E-state index in [-0.39, 0.29) is 5.97 Å². The summed E-state index contributed by atoms with van der Waals surface area (Å²) >= 11 is 0. The van der Waals surface area contributed by atoms with Crippen LogP contribution in [0.1, 0.15) is 32.6 Å². The molecule has 4 aromatic carbocycles. The average molecular weight is 407 g/mol. The Labute approximate surface area is 184 Å². The number of esters is 1. The minimum atomic E-state index is -0.330. The van der Waals surface area contributed by atoms with Crippen LogP contribution < -0.4 is 4.74 Å². The Morgan fingerprint density at radius 2 is 0.871 bits per heavy atom. The Balaban J connectivity index is 1.26. The second-order valence-corrected chi connectivity index (χ2v) is 7.70. The van der Waals surface area contributed by atoms with Crippen molar-refractivity contribution in [1.82, 2.24) is 0 Å². The lowest BCUT2D eigenvalue weighted by Crippen LogP contribution is -2.08. The first-order chi connectivity index (χ1) is 15.3. The predicted molar refractivity (Wildman–Crippen MR) is 126 cm³/mol. The fraction of sp³-hybridized carbons (Fsp3) is 0.138. The molecule has 154 valence electrons. The fourth-order valence-corrected chi connectivity index (χ4v) is 3.56. The van der Waals surface area contributed by atoms with Crippen LogP contribution in [0.15, 0.2) is 109 Å². The zero-order valence-corrected chi connectivity index (χ0v) is 17.5. The van der Waals surface area contributed by atoms with Gasteiger partial charge in [0.25, 0.3) is 0 Å². The summed E-state index contributed by atoms with van der Waals surface area (Å²) in [6.45, 7) is 0. The highest BCUT2D eigenvalue weighted by Gasteiger charge is 2.08. The van der Waals surface area contributed by atoms with Crippen molar-refractivity contribution >= 4 is 5.97 Å². The Morgan fingerprint density at radius 1 is 0.484 bits per heavy atom. The van der Waals surface area contributed by atoms with Crippen molar-refractivity contribution in [2.75, 3.05) is 0 Å². The smallest absolute Gasteiger partial charge is 0.343 e. The van der Waals surface area contributed by atoms with E-state index in [0.29, 0.717) is 11.3 Å². The van der Waals surface area contributed by atoms with Crippen molar-refractivity contribution in [3.8, 4) is 5.75 Å². The third kappa shape index (κ3) is 6.16. The van der Waals surface area contributed by atoms with E-state index in [9.17, 15) is 4.79 Å². The van der Waals surface area contributed by atoms with Crippen LogP contribution in [-0.2, 0) is 25.7 Å². The maximum atomic E-state index is 12.3. The summed E-state index contributed by atoms with van der Waals surface area (Å²) < 4.78 is 5.39. The highest BCUT2D eigenvalue weighted by atomic mass is 16.5. The van der Waals surface area contributed by atoms with Gasteiger partial charge in [-0.15, -0.1) is 0 Å². The number of hydrogen-bond acceptors (Lipinski definition) is 2. The molecular weight excluding hydrogens is 380 g/mol. The van der Waals surface area contributed by atoms with Crippen LogP contribution in [-0.4, -0.2) is 5.97 Å². The van der Waals surface area contributed by atoms with Gasteiger partial charge in [0.2, 0.25) is 0 Å². The number of aryl methyl sites for hydroxylation is 4. The first-order valence-corrected chi connectivity index (χ1v) is 10.7. The van der Waals surface area contributed by atoms with Crippen LogP contribution in [0.25, 0.3) is 0 Å². The molecule has 0 unspecified atom stereocenters. The minimum absolute atomic E-state index is 0.330. The molecule has 0 saturated carbocycles. The molecule has 0 heterocycles. The Morgan fingerprint density at radius 3 is 1.35 bits per heavy atom. The maximum absolute atomic E-state index is 12.3. The molecule has 0 saturated heterocycles. The first-order valence-electron chi connectivity index (χ1n) is 10.7. The number of para-hydroxylation sites is 1. The van der Waals surface area contributed by atoms with E-state index in [2.05, 4.69) is 54.6 Å². The van der Waals surface area contributed by atoms with Gasteiger partial charge in [-0.2, -0.15) is 0 Å². The van der Waals surface area contributed by atoms with Gasteiger partial charge in [0.1, 0.15) is 5.75 Å². The van der Waals surface area contributed by atoms with Crippen LogP contribution in [0.3, 0.4) is 0 Å². The third-order valence-corrected chi connectivity index (χ3v) is 5.41. The second-order valence-electron chi connectivity index (χ2n) is 7.70. The van der Waals surface area contributed by atoms with E-state index in [1.807, 2.05) is 42.5 Å². The van der Waals surface area contributed by atoms with E-state index in [1.54, 1.807) is 12.1 Å². The molecule has 0 spiro atoms. The molecule has 0 aliphatic rings. The van der Waals surface area contributed by atoms with Crippen molar-refractivity contribution in [1.29, 1.82) is 0 Å². The first kappa shape index (κ1) is 20.6. The molecule has 0 fully saturated rings. The zero-order valence-electron chi connectivity index (χ0n) is 17.5. The van der Waals surface area contributed by atoms with Crippen LogP contribution >= 0.6 is 0 Å². The molecule has 0 aliphatic heterocycles. The molecular formula is C29H26O2. The Kier molecular flexibility index (Phi) is 6.92. The SMILES string of the molecule is O=C(Oc1ccccc1)c1ccc(CCc2ccc(CCc3ccccc3)cc2)cc1. The van der Waals surface area contributed by atoms with E-state index >= 15 is 0 Å². The molecule has 2 nitrogen and oxygen atoms in total. The van der Waals surface area contributed by atoms with Gasteiger partial charge in [-0.1, -0.05) is 84.9 Å². The normalized spacial score (nSPS) is 10.6. The number of carbonyl (C=O) groups is 1. The van der Waals surface area contributed by atoms with Crippen LogP contribution in [0.2, 0.25) is 0 Å². The highest BCUT2D eigenvalue weighted by Crippen LogP contribution is 2.15. The summed E-state index contributed by atoms with van der Waals surface area (Å²) in [6.07, 6.45) is 4.05. The number of carbonyl (C=O) groups excluding carboxylic acids is 1. The number of benzene rings is 4. The zero-order chi connectivity index (χ0) is 21.3. The second kappa shape index (κ2) is 10.4. The molecule has 0 amide bonds. The monoisotopic (exact) mass is 406 g/mol. The summed E-state index contributed by atoms with van der Waals surface area (Å²) in [5, 5.41) is 0.